The van der Waals surface area contributed by atoms with Crippen LogP contribution in [-0.2, 0) is 13.0 Å². The van der Waals surface area contributed by atoms with Gasteiger partial charge in [-0.2, -0.15) is 5.10 Å². The van der Waals surface area contributed by atoms with Crippen molar-refractivity contribution in [3.8, 4) is 17.0 Å². The molecular weight excluding hydrogens is 286 g/mol. The first-order valence-corrected chi connectivity index (χ1v) is 7.75. The molecule has 0 unspecified atom stereocenters. The van der Waals surface area contributed by atoms with Gasteiger partial charge in [0, 0.05) is 12.0 Å². The van der Waals surface area contributed by atoms with E-state index in [4.69, 9.17) is 15.6 Å². The predicted octanol–water partition coefficient (Wildman–Crippen LogP) is 3.11. The minimum Gasteiger partial charge on any atom is -0.497 e. The van der Waals surface area contributed by atoms with E-state index in [1.807, 2.05) is 35.0 Å². The van der Waals surface area contributed by atoms with Crippen molar-refractivity contribution in [2.45, 2.75) is 13.0 Å². The molecule has 1 aromatic heterocycles. The van der Waals surface area contributed by atoms with Gasteiger partial charge in [-0.25, -0.2) is 0 Å². The summed E-state index contributed by atoms with van der Waals surface area (Å²) in [6.45, 7) is 1.34. The maximum atomic E-state index is 5.68. The van der Waals surface area contributed by atoms with Crippen molar-refractivity contribution in [2.75, 3.05) is 13.7 Å². The van der Waals surface area contributed by atoms with Gasteiger partial charge in [-0.15, -0.1) is 0 Å². The smallest absolute Gasteiger partial charge is 0.118 e. The van der Waals surface area contributed by atoms with Gasteiger partial charge in [-0.3, -0.25) is 4.68 Å². The van der Waals surface area contributed by atoms with Crippen LogP contribution in [0.4, 0.5) is 0 Å². The highest BCUT2D eigenvalue weighted by atomic mass is 16.5. The maximum Gasteiger partial charge on any atom is 0.118 e. The SMILES string of the molecule is COc1ccc(-c2cc(CCN)nn2Cc2ccccc2)cc1. The molecule has 0 saturated carbocycles. The average Bonchev–Trinajstić information content (AvgIpc) is 2.99. The molecule has 0 aliphatic rings. The number of benzene rings is 2. The first-order valence-electron chi connectivity index (χ1n) is 7.75. The molecule has 0 atom stereocenters. The van der Waals surface area contributed by atoms with Crippen LogP contribution in [0.5, 0.6) is 5.75 Å². The van der Waals surface area contributed by atoms with Gasteiger partial charge in [-0.05, 0) is 42.4 Å². The maximum absolute atomic E-state index is 5.68. The number of hydrogen-bond acceptors (Lipinski definition) is 3. The van der Waals surface area contributed by atoms with E-state index in [1.54, 1.807) is 7.11 Å². The third kappa shape index (κ3) is 3.60. The van der Waals surface area contributed by atoms with Gasteiger partial charge in [0.1, 0.15) is 5.75 Å². The molecule has 2 aromatic carbocycles. The Bertz CT molecular complexity index is 748. The fourth-order valence-corrected chi connectivity index (χ4v) is 2.61. The van der Waals surface area contributed by atoms with Gasteiger partial charge in [0.15, 0.2) is 0 Å². The number of ether oxygens (including phenoxy) is 1. The summed E-state index contributed by atoms with van der Waals surface area (Å²) in [6.07, 6.45) is 0.783. The van der Waals surface area contributed by atoms with E-state index in [9.17, 15) is 0 Å². The second kappa shape index (κ2) is 7.11. The number of methoxy groups -OCH3 is 1. The van der Waals surface area contributed by atoms with E-state index in [0.29, 0.717) is 6.54 Å². The largest absolute Gasteiger partial charge is 0.497 e. The molecule has 0 fully saturated rings. The zero-order valence-electron chi connectivity index (χ0n) is 13.3. The monoisotopic (exact) mass is 307 g/mol. The number of aromatic nitrogens is 2. The fraction of sp³-hybridized carbons (Fsp3) is 0.211. The van der Waals surface area contributed by atoms with Gasteiger partial charge < -0.3 is 10.5 Å². The van der Waals surface area contributed by atoms with E-state index in [0.717, 1.165) is 35.7 Å². The Morgan fingerprint density at radius 2 is 1.78 bits per heavy atom. The Morgan fingerprint density at radius 1 is 1.04 bits per heavy atom. The van der Waals surface area contributed by atoms with Crippen LogP contribution < -0.4 is 10.5 Å². The zero-order chi connectivity index (χ0) is 16.1. The predicted molar refractivity (Wildman–Crippen MR) is 92.5 cm³/mol. The minimum absolute atomic E-state index is 0.602. The second-order valence-electron chi connectivity index (χ2n) is 5.43. The van der Waals surface area contributed by atoms with Crippen LogP contribution in [-0.4, -0.2) is 23.4 Å². The van der Waals surface area contributed by atoms with Crippen LogP contribution in [0.1, 0.15) is 11.3 Å². The van der Waals surface area contributed by atoms with Crippen LogP contribution in [0.15, 0.2) is 60.7 Å². The van der Waals surface area contributed by atoms with Gasteiger partial charge in [-0.1, -0.05) is 30.3 Å². The molecule has 1 heterocycles. The third-order valence-electron chi connectivity index (χ3n) is 3.79. The van der Waals surface area contributed by atoms with Crippen LogP contribution in [0, 0.1) is 0 Å². The summed E-state index contributed by atoms with van der Waals surface area (Å²) in [5.74, 6) is 0.852. The summed E-state index contributed by atoms with van der Waals surface area (Å²) in [5, 5.41) is 4.72. The van der Waals surface area contributed by atoms with E-state index < -0.39 is 0 Å². The molecule has 3 rings (SSSR count). The van der Waals surface area contributed by atoms with Crippen LogP contribution >= 0.6 is 0 Å². The molecule has 0 spiro atoms. The number of hydrogen-bond donors (Lipinski definition) is 1. The Morgan fingerprint density at radius 3 is 2.43 bits per heavy atom. The molecule has 0 saturated heterocycles. The number of nitrogens with zero attached hydrogens (tertiary/aromatic N) is 2. The van der Waals surface area contributed by atoms with Crippen molar-refractivity contribution in [3.05, 3.63) is 71.9 Å². The van der Waals surface area contributed by atoms with Gasteiger partial charge >= 0.3 is 0 Å². The summed E-state index contributed by atoms with van der Waals surface area (Å²) < 4.78 is 7.28. The topological polar surface area (TPSA) is 53.1 Å². The Hall–Kier alpha value is -2.59. The molecule has 4 heteroatoms. The highest BCUT2D eigenvalue weighted by Gasteiger charge is 2.10. The van der Waals surface area contributed by atoms with Crippen LogP contribution in [0.3, 0.4) is 0 Å². The molecule has 0 amide bonds. The zero-order valence-corrected chi connectivity index (χ0v) is 13.3. The first kappa shape index (κ1) is 15.3. The quantitative estimate of drug-likeness (QED) is 0.761. The lowest BCUT2D eigenvalue weighted by atomic mass is 10.1. The molecular formula is C19H21N3O. The Labute approximate surface area is 136 Å². The Kier molecular flexibility index (Phi) is 4.74. The average molecular weight is 307 g/mol. The van der Waals surface area contributed by atoms with Crippen molar-refractivity contribution in [3.63, 3.8) is 0 Å². The van der Waals surface area contributed by atoms with Crippen molar-refractivity contribution in [1.29, 1.82) is 0 Å². The molecule has 0 bridgehead atoms. The van der Waals surface area contributed by atoms with E-state index in [1.165, 1.54) is 5.56 Å². The van der Waals surface area contributed by atoms with E-state index >= 15 is 0 Å². The van der Waals surface area contributed by atoms with Gasteiger partial charge in [0.2, 0.25) is 0 Å². The summed E-state index contributed by atoms with van der Waals surface area (Å²) in [4.78, 5) is 0. The first-order chi connectivity index (χ1) is 11.3. The van der Waals surface area contributed by atoms with E-state index in [-0.39, 0.29) is 0 Å². The molecule has 0 aliphatic heterocycles. The lowest BCUT2D eigenvalue weighted by Crippen LogP contribution is -2.06. The van der Waals surface area contributed by atoms with Crippen LogP contribution in [0.2, 0.25) is 0 Å². The minimum atomic E-state index is 0.602. The van der Waals surface area contributed by atoms with Crippen molar-refractivity contribution in [1.82, 2.24) is 9.78 Å². The molecule has 0 radical (unpaired) electrons. The highest BCUT2D eigenvalue weighted by Crippen LogP contribution is 2.24. The van der Waals surface area contributed by atoms with Crippen molar-refractivity contribution in [2.24, 2.45) is 5.73 Å². The lowest BCUT2D eigenvalue weighted by Gasteiger charge is -2.08. The third-order valence-corrected chi connectivity index (χ3v) is 3.79. The molecule has 4 nitrogen and oxygen atoms in total. The Balaban J connectivity index is 1.96. The molecule has 0 aliphatic carbocycles. The van der Waals surface area contributed by atoms with Crippen molar-refractivity contribution >= 4 is 0 Å². The lowest BCUT2D eigenvalue weighted by molar-refractivity contribution is 0.415. The van der Waals surface area contributed by atoms with Crippen molar-refractivity contribution < 1.29 is 4.74 Å². The summed E-state index contributed by atoms with van der Waals surface area (Å²) in [5.41, 5.74) is 10.2. The normalized spacial score (nSPS) is 10.7. The number of nitrogens with two attached hydrogens (primary N) is 1. The van der Waals surface area contributed by atoms with Gasteiger partial charge in [0.05, 0.1) is 25.0 Å². The number of rotatable bonds is 6. The summed E-state index contributed by atoms with van der Waals surface area (Å²) >= 11 is 0. The summed E-state index contributed by atoms with van der Waals surface area (Å²) in [7, 11) is 1.67. The van der Waals surface area contributed by atoms with Gasteiger partial charge in [0.25, 0.3) is 0 Å². The molecule has 118 valence electrons. The second-order valence-corrected chi connectivity index (χ2v) is 5.43. The molecule has 23 heavy (non-hydrogen) atoms. The van der Waals surface area contributed by atoms with Crippen LogP contribution in [0.25, 0.3) is 11.3 Å². The van der Waals surface area contributed by atoms with E-state index in [2.05, 4.69) is 30.3 Å². The fourth-order valence-electron chi connectivity index (χ4n) is 2.61. The standard InChI is InChI=1S/C19H21N3O/c1-23-18-9-7-16(8-10-18)19-13-17(11-12-20)21-22(19)14-15-5-3-2-4-6-15/h2-10,13H,11-12,14,20H2,1H3. The summed E-state index contributed by atoms with van der Waals surface area (Å²) in [6, 6.07) is 20.5. The molecule has 3 aromatic rings. The highest BCUT2D eigenvalue weighted by molar-refractivity contribution is 5.61. The molecule has 2 N–H and O–H groups in total.